The summed E-state index contributed by atoms with van der Waals surface area (Å²) in [5.74, 6) is 1.61. The van der Waals surface area contributed by atoms with Crippen LogP contribution in [0.1, 0.15) is 11.4 Å². The van der Waals surface area contributed by atoms with Crippen LogP contribution < -0.4 is 20.5 Å². The first-order valence-electron chi connectivity index (χ1n) is 8.30. The van der Waals surface area contributed by atoms with E-state index in [-0.39, 0.29) is 23.3 Å². The van der Waals surface area contributed by atoms with Gasteiger partial charge in [0.25, 0.3) is 0 Å². The molecule has 1 heterocycles. The molecule has 2 aromatic carbocycles. The standard InChI is InChI=1S/C20H18N6O2/c1-27-16-9-8-13(17(11-16)28-2)10-14(12-21)18-24-19(22)26-20(25-18)23-15-6-4-3-5-7-15/h3-11H,1-2H3,(H3,22,23,24,25,26). The summed E-state index contributed by atoms with van der Waals surface area (Å²) in [5, 5.41) is 12.7. The van der Waals surface area contributed by atoms with E-state index in [2.05, 4.69) is 26.3 Å². The van der Waals surface area contributed by atoms with Crippen molar-refractivity contribution in [2.75, 3.05) is 25.3 Å². The van der Waals surface area contributed by atoms with Crippen molar-refractivity contribution in [3.63, 3.8) is 0 Å². The number of anilines is 3. The zero-order chi connectivity index (χ0) is 19.9. The Morgan fingerprint density at radius 3 is 2.54 bits per heavy atom. The summed E-state index contributed by atoms with van der Waals surface area (Å²) in [6, 6.07) is 16.8. The third kappa shape index (κ3) is 4.34. The summed E-state index contributed by atoms with van der Waals surface area (Å²) >= 11 is 0. The normalized spacial score (nSPS) is 10.8. The molecule has 3 N–H and O–H groups in total. The third-order valence-corrected chi connectivity index (χ3v) is 3.78. The van der Waals surface area contributed by atoms with Crippen LogP contribution in [0, 0.1) is 11.3 Å². The van der Waals surface area contributed by atoms with E-state index in [1.807, 2.05) is 30.3 Å². The van der Waals surface area contributed by atoms with Crippen LogP contribution >= 0.6 is 0 Å². The van der Waals surface area contributed by atoms with Gasteiger partial charge in [-0.05, 0) is 30.3 Å². The van der Waals surface area contributed by atoms with Crippen molar-refractivity contribution >= 4 is 29.2 Å². The van der Waals surface area contributed by atoms with Crippen LogP contribution in [0.3, 0.4) is 0 Å². The Morgan fingerprint density at radius 2 is 1.86 bits per heavy atom. The van der Waals surface area contributed by atoms with Crippen molar-refractivity contribution in [3.8, 4) is 17.6 Å². The van der Waals surface area contributed by atoms with Crippen LogP contribution in [-0.4, -0.2) is 29.2 Å². The Hall–Kier alpha value is -4.12. The van der Waals surface area contributed by atoms with Gasteiger partial charge in [-0.3, -0.25) is 0 Å². The lowest BCUT2D eigenvalue weighted by molar-refractivity contribution is 0.394. The Morgan fingerprint density at radius 1 is 1.07 bits per heavy atom. The fourth-order valence-corrected chi connectivity index (χ4v) is 2.46. The summed E-state index contributed by atoms with van der Waals surface area (Å²) < 4.78 is 10.6. The smallest absolute Gasteiger partial charge is 0.232 e. The monoisotopic (exact) mass is 374 g/mol. The second-order valence-electron chi connectivity index (χ2n) is 5.61. The van der Waals surface area contributed by atoms with E-state index in [9.17, 15) is 5.26 Å². The molecule has 0 aliphatic rings. The zero-order valence-corrected chi connectivity index (χ0v) is 15.4. The number of allylic oxidation sites excluding steroid dienone is 1. The van der Waals surface area contributed by atoms with Crippen LogP contribution in [0.2, 0.25) is 0 Å². The number of ether oxygens (including phenoxy) is 2. The van der Waals surface area contributed by atoms with Gasteiger partial charge in [-0.25, -0.2) is 0 Å². The highest BCUT2D eigenvalue weighted by molar-refractivity contribution is 5.88. The van der Waals surface area contributed by atoms with Gasteiger partial charge in [0, 0.05) is 17.3 Å². The summed E-state index contributed by atoms with van der Waals surface area (Å²) in [6.45, 7) is 0. The molecule has 0 amide bonds. The predicted molar refractivity (Wildman–Crippen MR) is 107 cm³/mol. The van der Waals surface area contributed by atoms with Crippen molar-refractivity contribution in [1.29, 1.82) is 5.26 Å². The molecule has 3 rings (SSSR count). The minimum absolute atomic E-state index is 0.00581. The number of nitriles is 1. The van der Waals surface area contributed by atoms with Crippen molar-refractivity contribution in [2.24, 2.45) is 0 Å². The quantitative estimate of drug-likeness (QED) is 0.631. The highest BCUT2D eigenvalue weighted by Crippen LogP contribution is 2.28. The minimum Gasteiger partial charge on any atom is -0.497 e. The molecule has 8 heteroatoms. The van der Waals surface area contributed by atoms with Gasteiger partial charge in [0.1, 0.15) is 17.6 Å². The SMILES string of the molecule is COc1ccc(C=C(C#N)c2nc(N)nc(Nc3ccccc3)n2)c(OC)c1. The molecular weight excluding hydrogens is 356 g/mol. The van der Waals surface area contributed by atoms with E-state index in [1.54, 1.807) is 38.5 Å². The summed E-state index contributed by atoms with van der Waals surface area (Å²) in [7, 11) is 3.11. The van der Waals surface area contributed by atoms with Gasteiger partial charge in [-0.1, -0.05) is 18.2 Å². The number of nitrogens with zero attached hydrogens (tertiary/aromatic N) is 4. The lowest BCUT2D eigenvalue weighted by Crippen LogP contribution is -2.06. The van der Waals surface area contributed by atoms with Gasteiger partial charge < -0.3 is 20.5 Å². The van der Waals surface area contributed by atoms with Gasteiger partial charge >= 0.3 is 0 Å². The van der Waals surface area contributed by atoms with Crippen molar-refractivity contribution < 1.29 is 9.47 Å². The number of rotatable bonds is 6. The van der Waals surface area contributed by atoms with Crippen LogP contribution in [0.25, 0.3) is 11.6 Å². The average Bonchev–Trinajstić information content (AvgIpc) is 2.72. The molecule has 0 aliphatic heterocycles. The van der Waals surface area contributed by atoms with Crippen LogP contribution in [-0.2, 0) is 0 Å². The van der Waals surface area contributed by atoms with Gasteiger partial charge in [-0.15, -0.1) is 0 Å². The van der Waals surface area contributed by atoms with Crippen LogP contribution in [0.5, 0.6) is 11.5 Å². The summed E-state index contributed by atoms with van der Waals surface area (Å²) in [4.78, 5) is 12.5. The van der Waals surface area contributed by atoms with Crippen molar-refractivity contribution in [2.45, 2.75) is 0 Å². The van der Waals surface area contributed by atoms with E-state index in [4.69, 9.17) is 15.2 Å². The Balaban J connectivity index is 1.99. The topological polar surface area (TPSA) is 119 Å². The molecular formula is C20H18N6O2. The molecule has 0 radical (unpaired) electrons. The van der Waals surface area contributed by atoms with Crippen LogP contribution in [0.4, 0.5) is 17.6 Å². The third-order valence-electron chi connectivity index (χ3n) is 3.78. The molecule has 0 saturated heterocycles. The van der Waals surface area contributed by atoms with Gasteiger partial charge in [0.05, 0.1) is 19.8 Å². The second kappa shape index (κ2) is 8.51. The maximum absolute atomic E-state index is 9.63. The fourth-order valence-electron chi connectivity index (χ4n) is 2.46. The zero-order valence-electron chi connectivity index (χ0n) is 15.4. The number of nitrogen functional groups attached to an aromatic ring is 1. The molecule has 0 saturated carbocycles. The molecule has 140 valence electrons. The predicted octanol–water partition coefficient (Wildman–Crippen LogP) is 3.28. The van der Waals surface area contributed by atoms with Crippen molar-refractivity contribution in [3.05, 3.63) is 59.9 Å². The number of hydrogen-bond donors (Lipinski definition) is 2. The molecule has 0 bridgehead atoms. The van der Waals surface area contributed by atoms with E-state index in [0.29, 0.717) is 17.1 Å². The largest absolute Gasteiger partial charge is 0.497 e. The number of nitrogens with two attached hydrogens (primary N) is 1. The van der Waals surface area contributed by atoms with Crippen LogP contribution in [0.15, 0.2) is 48.5 Å². The van der Waals surface area contributed by atoms with Gasteiger partial charge in [0.2, 0.25) is 11.9 Å². The number of nitrogens with one attached hydrogen (secondary N) is 1. The molecule has 0 fully saturated rings. The Bertz CT molecular complexity index is 1040. The first kappa shape index (κ1) is 18.7. The molecule has 0 aliphatic carbocycles. The number of benzene rings is 2. The Labute approximate surface area is 162 Å². The molecule has 0 unspecified atom stereocenters. The first-order chi connectivity index (χ1) is 13.6. The molecule has 0 atom stereocenters. The van der Waals surface area contributed by atoms with Gasteiger partial charge in [-0.2, -0.15) is 20.2 Å². The highest BCUT2D eigenvalue weighted by Gasteiger charge is 2.12. The summed E-state index contributed by atoms with van der Waals surface area (Å²) in [6.07, 6.45) is 1.62. The average molecular weight is 374 g/mol. The Kier molecular flexibility index (Phi) is 5.67. The van der Waals surface area contributed by atoms with E-state index >= 15 is 0 Å². The number of para-hydroxylation sites is 1. The first-order valence-corrected chi connectivity index (χ1v) is 8.30. The maximum Gasteiger partial charge on any atom is 0.232 e. The summed E-state index contributed by atoms with van der Waals surface area (Å²) in [5.41, 5.74) is 7.50. The van der Waals surface area contributed by atoms with Gasteiger partial charge in [0.15, 0.2) is 5.82 Å². The van der Waals surface area contributed by atoms with E-state index < -0.39 is 0 Å². The number of aromatic nitrogens is 3. The van der Waals surface area contributed by atoms with Crippen molar-refractivity contribution in [1.82, 2.24) is 15.0 Å². The minimum atomic E-state index is 0.00581. The van der Waals surface area contributed by atoms with E-state index in [1.165, 1.54) is 0 Å². The number of hydrogen-bond acceptors (Lipinski definition) is 8. The molecule has 8 nitrogen and oxygen atoms in total. The molecule has 0 spiro atoms. The van der Waals surface area contributed by atoms with E-state index in [0.717, 1.165) is 5.69 Å². The second-order valence-corrected chi connectivity index (χ2v) is 5.61. The number of methoxy groups -OCH3 is 2. The fraction of sp³-hybridized carbons (Fsp3) is 0.100. The maximum atomic E-state index is 9.63. The molecule has 1 aromatic heterocycles. The molecule has 3 aromatic rings. The molecule has 28 heavy (non-hydrogen) atoms. The lowest BCUT2D eigenvalue weighted by atomic mass is 10.1. The highest BCUT2D eigenvalue weighted by atomic mass is 16.5. The lowest BCUT2D eigenvalue weighted by Gasteiger charge is -2.09.